The van der Waals surface area contributed by atoms with E-state index >= 15 is 0 Å². The standard InChI is InChI=1S/C18H19BrN2O2S/c1-2-3-12-23-16-11-7-6-10-15(16)20-18(24)21-17(22)13-8-4-5-9-14(13)19/h4-11H,2-3,12H2,1H3,(H2,20,21,22,24). The van der Waals surface area contributed by atoms with Crippen LogP contribution in [0.25, 0.3) is 0 Å². The first-order valence-electron chi connectivity index (χ1n) is 7.70. The molecule has 6 heteroatoms. The van der Waals surface area contributed by atoms with Crippen LogP contribution in [0.4, 0.5) is 5.69 Å². The first-order chi connectivity index (χ1) is 11.6. The second kappa shape index (κ2) is 9.39. The van der Waals surface area contributed by atoms with E-state index in [4.69, 9.17) is 17.0 Å². The molecule has 0 saturated carbocycles. The van der Waals surface area contributed by atoms with Crippen molar-refractivity contribution in [2.75, 3.05) is 11.9 Å². The summed E-state index contributed by atoms with van der Waals surface area (Å²) in [6, 6.07) is 14.7. The van der Waals surface area contributed by atoms with Gasteiger partial charge in [-0.25, -0.2) is 0 Å². The van der Waals surface area contributed by atoms with E-state index in [0.29, 0.717) is 22.4 Å². The molecular formula is C18H19BrN2O2S. The van der Waals surface area contributed by atoms with Gasteiger partial charge in [0, 0.05) is 4.47 Å². The third-order valence-corrected chi connectivity index (χ3v) is 4.13. The first-order valence-corrected chi connectivity index (χ1v) is 8.90. The van der Waals surface area contributed by atoms with Gasteiger partial charge in [-0.1, -0.05) is 37.6 Å². The Morgan fingerprint density at radius 3 is 2.62 bits per heavy atom. The molecule has 4 nitrogen and oxygen atoms in total. The molecule has 0 bridgehead atoms. The zero-order valence-corrected chi connectivity index (χ0v) is 15.7. The van der Waals surface area contributed by atoms with E-state index in [1.807, 2.05) is 36.4 Å². The summed E-state index contributed by atoms with van der Waals surface area (Å²) in [7, 11) is 0. The summed E-state index contributed by atoms with van der Waals surface area (Å²) in [5.41, 5.74) is 1.25. The van der Waals surface area contributed by atoms with Gasteiger partial charge in [-0.05, 0) is 58.8 Å². The molecule has 0 spiro atoms. The summed E-state index contributed by atoms with van der Waals surface area (Å²) in [4.78, 5) is 12.3. The Balaban J connectivity index is 2.00. The van der Waals surface area contributed by atoms with Gasteiger partial charge >= 0.3 is 0 Å². The number of ether oxygens (including phenoxy) is 1. The molecule has 0 fully saturated rings. The van der Waals surface area contributed by atoms with Crippen molar-refractivity contribution >= 4 is 44.9 Å². The molecule has 0 saturated heterocycles. The molecule has 0 unspecified atom stereocenters. The van der Waals surface area contributed by atoms with Crippen molar-refractivity contribution in [3.05, 3.63) is 58.6 Å². The van der Waals surface area contributed by atoms with E-state index < -0.39 is 0 Å². The van der Waals surface area contributed by atoms with Crippen LogP contribution in [0.1, 0.15) is 30.1 Å². The van der Waals surface area contributed by atoms with Crippen LogP contribution in [0.5, 0.6) is 5.75 Å². The molecule has 0 aromatic heterocycles. The fourth-order valence-corrected chi connectivity index (χ4v) is 2.66. The number of unbranched alkanes of at least 4 members (excludes halogenated alkanes) is 1. The summed E-state index contributed by atoms with van der Waals surface area (Å²) >= 11 is 8.59. The molecule has 0 radical (unpaired) electrons. The molecule has 0 aliphatic heterocycles. The molecule has 0 heterocycles. The fraction of sp³-hybridized carbons (Fsp3) is 0.222. The molecule has 0 aliphatic rings. The van der Waals surface area contributed by atoms with Gasteiger partial charge in [0.2, 0.25) is 0 Å². The average molecular weight is 407 g/mol. The SMILES string of the molecule is CCCCOc1ccccc1NC(=S)NC(=O)c1ccccc1Br. The van der Waals surface area contributed by atoms with Crippen molar-refractivity contribution in [2.24, 2.45) is 0 Å². The molecule has 126 valence electrons. The molecule has 2 aromatic rings. The highest BCUT2D eigenvalue weighted by Crippen LogP contribution is 2.24. The number of halogens is 1. The predicted octanol–water partition coefficient (Wildman–Crippen LogP) is 4.75. The molecule has 24 heavy (non-hydrogen) atoms. The Morgan fingerprint density at radius 2 is 1.88 bits per heavy atom. The zero-order chi connectivity index (χ0) is 17.4. The van der Waals surface area contributed by atoms with Crippen molar-refractivity contribution in [1.82, 2.24) is 5.32 Å². The zero-order valence-electron chi connectivity index (χ0n) is 13.3. The van der Waals surface area contributed by atoms with E-state index in [2.05, 4.69) is 33.5 Å². The van der Waals surface area contributed by atoms with Gasteiger partial charge < -0.3 is 10.1 Å². The van der Waals surface area contributed by atoms with Crippen LogP contribution in [0.15, 0.2) is 53.0 Å². The predicted molar refractivity (Wildman–Crippen MR) is 105 cm³/mol. The minimum Gasteiger partial charge on any atom is -0.491 e. The average Bonchev–Trinajstić information content (AvgIpc) is 2.57. The van der Waals surface area contributed by atoms with Crippen molar-refractivity contribution in [3.63, 3.8) is 0 Å². The van der Waals surface area contributed by atoms with Crippen molar-refractivity contribution in [2.45, 2.75) is 19.8 Å². The van der Waals surface area contributed by atoms with Crippen LogP contribution >= 0.6 is 28.1 Å². The number of benzene rings is 2. The Morgan fingerprint density at radius 1 is 1.17 bits per heavy atom. The quantitative estimate of drug-likeness (QED) is 0.536. The Bertz CT molecular complexity index is 722. The van der Waals surface area contributed by atoms with Crippen LogP contribution in [0, 0.1) is 0 Å². The molecule has 0 atom stereocenters. The van der Waals surface area contributed by atoms with Gasteiger partial charge in [0.05, 0.1) is 17.9 Å². The maximum Gasteiger partial charge on any atom is 0.258 e. The molecule has 2 aromatic carbocycles. The Labute approximate surface area is 155 Å². The van der Waals surface area contributed by atoms with Gasteiger partial charge in [0.25, 0.3) is 5.91 Å². The maximum atomic E-state index is 12.3. The monoisotopic (exact) mass is 406 g/mol. The summed E-state index contributed by atoms with van der Waals surface area (Å²) in [5.74, 6) is 0.438. The lowest BCUT2D eigenvalue weighted by Crippen LogP contribution is -2.34. The topological polar surface area (TPSA) is 50.4 Å². The number of carbonyl (C=O) groups is 1. The Kier molecular flexibility index (Phi) is 7.21. The number of hydrogen-bond acceptors (Lipinski definition) is 3. The molecule has 2 N–H and O–H groups in total. The van der Waals surface area contributed by atoms with E-state index in [-0.39, 0.29) is 11.0 Å². The minimum atomic E-state index is -0.274. The first kappa shape index (κ1) is 18.4. The number of anilines is 1. The largest absolute Gasteiger partial charge is 0.491 e. The van der Waals surface area contributed by atoms with Gasteiger partial charge in [-0.3, -0.25) is 10.1 Å². The van der Waals surface area contributed by atoms with Crippen LogP contribution in [0.2, 0.25) is 0 Å². The number of thiocarbonyl (C=S) groups is 1. The molecule has 1 amide bonds. The lowest BCUT2D eigenvalue weighted by atomic mass is 10.2. The third kappa shape index (κ3) is 5.32. The van der Waals surface area contributed by atoms with Crippen molar-refractivity contribution in [1.29, 1.82) is 0 Å². The summed E-state index contributed by atoms with van der Waals surface area (Å²) in [6.07, 6.45) is 2.05. The normalized spacial score (nSPS) is 10.1. The van der Waals surface area contributed by atoms with Crippen LogP contribution in [0.3, 0.4) is 0 Å². The summed E-state index contributed by atoms with van der Waals surface area (Å²) in [5, 5.41) is 5.92. The van der Waals surface area contributed by atoms with E-state index in [0.717, 1.165) is 18.5 Å². The number of hydrogen-bond donors (Lipinski definition) is 2. The molecule has 0 aliphatic carbocycles. The highest BCUT2D eigenvalue weighted by atomic mass is 79.9. The van der Waals surface area contributed by atoms with Gasteiger partial charge in [0.1, 0.15) is 5.75 Å². The number of amides is 1. The lowest BCUT2D eigenvalue weighted by molar-refractivity contribution is 0.0977. The molecular weight excluding hydrogens is 388 g/mol. The van der Waals surface area contributed by atoms with Crippen molar-refractivity contribution < 1.29 is 9.53 Å². The van der Waals surface area contributed by atoms with E-state index in [1.54, 1.807) is 12.1 Å². The number of nitrogens with one attached hydrogen (secondary N) is 2. The number of carbonyl (C=O) groups excluding carboxylic acids is 1. The third-order valence-electron chi connectivity index (χ3n) is 3.24. The number of para-hydroxylation sites is 2. The highest BCUT2D eigenvalue weighted by Gasteiger charge is 2.12. The maximum absolute atomic E-state index is 12.3. The van der Waals surface area contributed by atoms with Crippen LogP contribution in [-0.4, -0.2) is 17.6 Å². The van der Waals surface area contributed by atoms with Crippen LogP contribution in [-0.2, 0) is 0 Å². The smallest absolute Gasteiger partial charge is 0.258 e. The van der Waals surface area contributed by atoms with Gasteiger partial charge in [-0.15, -0.1) is 0 Å². The summed E-state index contributed by atoms with van der Waals surface area (Å²) in [6.45, 7) is 2.76. The molecule has 2 rings (SSSR count). The minimum absolute atomic E-state index is 0.224. The summed E-state index contributed by atoms with van der Waals surface area (Å²) < 4.78 is 6.46. The second-order valence-electron chi connectivity index (χ2n) is 5.09. The van der Waals surface area contributed by atoms with Crippen LogP contribution < -0.4 is 15.4 Å². The van der Waals surface area contributed by atoms with Gasteiger partial charge in [-0.2, -0.15) is 0 Å². The fourth-order valence-electron chi connectivity index (χ4n) is 1.99. The Hall–Kier alpha value is -1.92. The highest BCUT2D eigenvalue weighted by molar-refractivity contribution is 9.10. The number of rotatable bonds is 6. The van der Waals surface area contributed by atoms with Gasteiger partial charge in [0.15, 0.2) is 5.11 Å². The van der Waals surface area contributed by atoms with E-state index in [9.17, 15) is 4.79 Å². The van der Waals surface area contributed by atoms with E-state index in [1.165, 1.54) is 0 Å². The van der Waals surface area contributed by atoms with Crippen molar-refractivity contribution in [3.8, 4) is 5.75 Å². The second-order valence-corrected chi connectivity index (χ2v) is 6.35. The lowest BCUT2D eigenvalue weighted by Gasteiger charge is -2.14.